The van der Waals surface area contributed by atoms with Gasteiger partial charge >= 0.3 is 0 Å². The Labute approximate surface area is 148 Å². The van der Waals surface area contributed by atoms with Gasteiger partial charge in [-0.15, -0.1) is 0 Å². The number of anilines is 1. The molecule has 24 heavy (non-hydrogen) atoms. The van der Waals surface area contributed by atoms with Crippen LogP contribution in [-0.2, 0) is 10.0 Å². The molecule has 1 aliphatic heterocycles. The van der Waals surface area contributed by atoms with Crippen molar-refractivity contribution in [2.75, 3.05) is 37.8 Å². The van der Waals surface area contributed by atoms with Crippen LogP contribution in [0.1, 0.15) is 24.0 Å². The van der Waals surface area contributed by atoms with Gasteiger partial charge in [0.2, 0.25) is 10.0 Å². The van der Waals surface area contributed by atoms with Crippen LogP contribution in [0.2, 0.25) is 0 Å². The van der Waals surface area contributed by atoms with Gasteiger partial charge in [0.1, 0.15) is 0 Å². The zero-order chi connectivity index (χ0) is 17.5. The molecule has 2 aromatic rings. The minimum absolute atomic E-state index is 0.430. The van der Waals surface area contributed by atoms with Crippen molar-refractivity contribution in [3.63, 3.8) is 0 Å². The van der Waals surface area contributed by atoms with Crippen molar-refractivity contribution in [2.45, 2.75) is 26.7 Å². The van der Waals surface area contributed by atoms with E-state index >= 15 is 0 Å². The molecule has 0 saturated carbocycles. The fourth-order valence-electron chi connectivity index (χ4n) is 3.30. The zero-order valence-corrected chi connectivity index (χ0v) is 16.4. The summed E-state index contributed by atoms with van der Waals surface area (Å²) < 4.78 is 25.8. The number of sulfonamides is 1. The number of nitrogens with zero attached hydrogens (tertiary/aromatic N) is 3. The predicted molar refractivity (Wildman–Crippen MR) is 102 cm³/mol. The lowest BCUT2D eigenvalue weighted by Crippen LogP contribution is -2.39. The second kappa shape index (κ2) is 6.61. The van der Waals surface area contributed by atoms with E-state index in [1.807, 2.05) is 0 Å². The zero-order valence-electron chi connectivity index (χ0n) is 14.7. The second-order valence-corrected chi connectivity index (χ2v) is 10.00. The van der Waals surface area contributed by atoms with Crippen molar-refractivity contribution < 1.29 is 8.42 Å². The molecule has 7 heteroatoms. The lowest BCUT2D eigenvalue weighted by molar-refractivity contribution is 0.329. The molecule has 0 aliphatic carbocycles. The molecule has 0 atom stereocenters. The van der Waals surface area contributed by atoms with Gasteiger partial charge < -0.3 is 4.90 Å². The van der Waals surface area contributed by atoms with Gasteiger partial charge in [-0.1, -0.05) is 17.4 Å². The van der Waals surface area contributed by atoms with E-state index in [0.29, 0.717) is 12.5 Å². The Kier molecular flexibility index (Phi) is 4.86. The molecule has 0 N–H and O–H groups in total. The van der Waals surface area contributed by atoms with E-state index in [1.54, 1.807) is 18.4 Å². The Morgan fingerprint density at radius 3 is 2.58 bits per heavy atom. The predicted octanol–water partition coefficient (Wildman–Crippen LogP) is 3.02. The Bertz CT molecular complexity index is 837. The van der Waals surface area contributed by atoms with Gasteiger partial charge in [-0.3, -0.25) is 0 Å². The molecule has 1 aromatic heterocycles. The SMILES string of the molecule is Cc1cc(C)c2nc(N3CCC(CN(C)S(C)(=O)=O)CC3)sc2c1. The fraction of sp³-hybridized carbons (Fsp3) is 0.588. The van der Waals surface area contributed by atoms with Crippen LogP contribution >= 0.6 is 11.3 Å². The molecule has 3 rings (SSSR count). The molecule has 1 fully saturated rings. The highest BCUT2D eigenvalue weighted by atomic mass is 32.2. The second-order valence-electron chi connectivity index (χ2n) is 6.90. The van der Waals surface area contributed by atoms with Crippen molar-refractivity contribution in [3.05, 3.63) is 23.3 Å². The molecule has 0 unspecified atom stereocenters. The molecular formula is C17H25N3O2S2. The van der Waals surface area contributed by atoms with E-state index in [1.165, 1.54) is 26.4 Å². The quantitative estimate of drug-likeness (QED) is 0.833. The summed E-state index contributed by atoms with van der Waals surface area (Å²) in [4.78, 5) is 7.18. The maximum absolute atomic E-state index is 11.6. The lowest BCUT2D eigenvalue weighted by Gasteiger charge is -2.33. The molecule has 1 saturated heterocycles. The summed E-state index contributed by atoms with van der Waals surface area (Å²) in [6.45, 7) is 6.74. The van der Waals surface area contributed by atoms with Crippen molar-refractivity contribution in [3.8, 4) is 0 Å². The largest absolute Gasteiger partial charge is 0.348 e. The maximum Gasteiger partial charge on any atom is 0.210 e. The Morgan fingerprint density at radius 2 is 1.96 bits per heavy atom. The summed E-state index contributed by atoms with van der Waals surface area (Å²) in [5, 5.41) is 1.09. The highest BCUT2D eigenvalue weighted by Crippen LogP contribution is 2.33. The van der Waals surface area contributed by atoms with Crippen LogP contribution in [0.5, 0.6) is 0 Å². The number of thiazole rings is 1. The van der Waals surface area contributed by atoms with Gasteiger partial charge in [0.15, 0.2) is 5.13 Å². The summed E-state index contributed by atoms with van der Waals surface area (Å²) in [5.41, 5.74) is 3.62. The number of piperidine rings is 1. The van der Waals surface area contributed by atoms with Crippen LogP contribution < -0.4 is 4.90 Å². The Morgan fingerprint density at radius 1 is 1.29 bits per heavy atom. The van der Waals surface area contributed by atoms with Crippen LogP contribution in [0.4, 0.5) is 5.13 Å². The summed E-state index contributed by atoms with van der Waals surface area (Å²) in [7, 11) is -1.42. The third kappa shape index (κ3) is 3.73. The Balaban J connectivity index is 1.68. The van der Waals surface area contributed by atoms with E-state index in [0.717, 1.165) is 36.6 Å². The van der Waals surface area contributed by atoms with E-state index in [2.05, 4.69) is 30.9 Å². The standard InChI is InChI=1S/C17H25N3O2S2/c1-12-9-13(2)16-15(10-12)23-17(18-16)20-7-5-14(6-8-20)11-19(3)24(4,21)22/h9-10,14H,5-8,11H2,1-4H3. The normalized spacial score (nSPS) is 17.1. The minimum Gasteiger partial charge on any atom is -0.348 e. The van der Waals surface area contributed by atoms with Crippen LogP contribution in [0.15, 0.2) is 12.1 Å². The molecule has 5 nitrogen and oxygen atoms in total. The van der Waals surface area contributed by atoms with Crippen molar-refractivity contribution in [2.24, 2.45) is 5.92 Å². The van der Waals surface area contributed by atoms with Gasteiger partial charge in [-0.2, -0.15) is 0 Å². The lowest BCUT2D eigenvalue weighted by atomic mass is 9.97. The third-order valence-corrected chi connectivity index (χ3v) is 7.13. The number of fused-ring (bicyclic) bond motifs is 1. The number of hydrogen-bond acceptors (Lipinski definition) is 5. The number of aryl methyl sites for hydroxylation is 2. The van der Waals surface area contributed by atoms with Gasteiger partial charge in [-0.05, 0) is 49.8 Å². The summed E-state index contributed by atoms with van der Waals surface area (Å²) in [5.74, 6) is 0.430. The van der Waals surface area contributed by atoms with Crippen molar-refractivity contribution in [1.82, 2.24) is 9.29 Å². The third-order valence-electron chi connectivity index (χ3n) is 4.79. The summed E-state index contributed by atoms with van der Waals surface area (Å²) in [6.07, 6.45) is 3.29. The van der Waals surface area contributed by atoms with Crippen LogP contribution in [-0.4, -0.2) is 50.6 Å². The van der Waals surface area contributed by atoms with Crippen LogP contribution in [0, 0.1) is 19.8 Å². The first-order valence-electron chi connectivity index (χ1n) is 8.28. The monoisotopic (exact) mass is 367 g/mol. The van der Waals surface area contributed by atoms with Gasteiger partial charge in [0.05, 0.1) is 16.5 Å². The van der Waals surface area contributed by atoms with E-state index in [9.17, 15) is 8.42 Å². The van der Waals surface area contributed by atoms with Gasteiger partial charge in [0.25, 0.3) is 0 Å². The van der Waals surface area contributed by atoms with Gasteiger partial charge in [-0.25, -0.2) is 17.7 Å². The van der Waals surface area contributed by atoms with Crippen LogP contribution in [0.3, 0.4) is 0 Å². The number of aromatic nitrogens is 1. The molecular weight excluding hydrogens is 342 g/mol. The van der Waals surface area contributed by atoms with Crippen molar-refractivity contribution >= 4 is 36.7 Å². The first-order valence-corrected chi connectivity index (χ1v) is 10.9. The smallest absolute Gasteiger partial charge is 0.210 e. The first-order chi connectivity index (χ1) is 11.2. The summed E-state index contributed by atoms with van der Waals surface area (Å²) in [6, 6.07) is 4.39. The molecule has 1 aliphatic rings. The molecule has 0 spiro atoms. The molecule has 132 valence electrons. The van der Waals surface area contributed by atoms with E-state index in [4.69, 9.17) is 4.98 Å². The Hall–Kier alpha value is -1.18. The van der Waals surface area contributed by atoms with E-state index in [-0.39, 0.29) is 0 Å². The molecule has 1 aromatic carbocycles. The number of rotatable bonds is 4. The maximum atomic E-state index is 11.6. The highest BCUT2D eigenvalue weighted by molar-refractivity contribution is 7.88. The highest BCUT2D eigenvalue weighted by Gasteiger charge is 2.24. The topological polar surface area (TPSA) is 53.5 Å². The fourth-order valence-corrected chi connectivity index (χ4v) is 4.98. The van der Waals surface area contributed by atoms with Gasteiger partial charge in [0, 0.05) is 26.7 Å². The average Bonchev–Trinajstić information content (AvgIpc) is 2.91. The van der Waals surface area contributed by atoms with Crippen LogP contribution in [0.25, 0.3) is 10.2 Å². The minimum atomic E-state index is -3.08. The number of hydrogen-bond donors (Lipinski definition) is 0. The first kappa shape index (κ1) is 17.6. The van der Waals surface area contributed by atoms with E-state index < -0.39 is 10.0 Å². The molecule has 0 amide bonds. The molecule has 0 bridgehead atoms. The van der Waals surface area contributed by atoms with Crippen molar-refractivity contribution in [1.29, 1.82) is 0 Å². The average molecular weight is 368 g/mol. The molecule has 0 radical (unpaired) electrons. The summed E-state index contributed by atoms with van der Waals surface area (Å²) >= 11 is 1.76. The molecule has 2 heterocycles. The number of benzene rings is 1.